The van der Waals surface area contributed by atoms with Gasteiger partial charge < -0.3 is 5.32 Å². The molecule has 1 heterocycles. The zero-order chi connectivity index (χ0) is 11.8. The molecule has 0 radical (unpaired) electrons. The minimum Gasteiger partial charge on any atom is -0.352 e. The van der Waals surface area contributed by atoms with E-state index in [2.05, 4.69) is 15.5 Å². The van der Waals surface area contributed by atoms with Gasteiger partial charge in [-0.3, -0.25) is 9.89 Å². The van der Waals surface area contributed by atoms with Gasteiger partial charge in [0.2, 0.25) is 0 Å². The molecule has 0 spiro atoms. The van der Waals surface area contributed by atoms with Gasteiger partial charge >= 0.3 is 0 Å². The highest BCUT2D eigenvalue weighted by Crippen LogP contribution is 2.47. The molecule has 1 aromatic rings. The van der Waals surface area contributed by atoms with Gasteiger partial charge in [-0.2, -0.15) is 5.10 Å². The largest absolute Gasteiger partial charge is 0.352 e. The first-order valence-electron chi connectivity index (χ1n) is 6.52. The molecule has 3 atom stereocenters. The number of nitrogens with zero attached hydrogens (tertiary/aromatic N) is 1. The number of aromatic nitrogens is 2. The maximum absolute atomic E-state index is 11.9. The topological polar surface area (TPSA) is 57.8 Å². The van der Waals surface area contributed by atoms with Crippen LogP contribution in [0, 0.1) is 24.7 Å². The van der Waals surface area contributed by atoms with Gasteiger partial charge in [-0.25, -0.2) is 0 Å². The van der Waals surface area contributed by atoms with Gasteiger partial charge in [-0.15, -0.1) is 0 Å². The molecule has 2 saturated carbocycles. The molecule has 0 saturated heterocycles. The van der Waals surface area contributed by atoms with E-state index in [9.17, 15) is 4.79 Å². The van der Waals surface area contributed by atoms with Crippen LogP contribution >= 0.6 is 0 Å². The third kappa shape index (κ3) is 1.96. The zero-order valence-electron chi connectivity index (χ0n) is 10.2. The number of carbonyl (C=O) groups is 1. The van der Waals surface area contributed by atoms with Crippen LogP contribution < -0.4 is 5.32 Å². The van der Waals surface area contributed by atoms with E-state index in [4.69, 9.17) is 0 Å². The summed E-state index contributed by atoms with van der Waals surface area (Å²) in [5, 5.41) is 9.72. The Balaban J connectivity index is 1.55. The fourth-order valence-electron chi connectivity index (χ4n) is 3.53. The highest BCUT2D eigenvalue weighted by molar-refractivity contribution is 5.94. The second-order valence-corrected chi connectivity index (χ2v) is 5.55. The van der Waals surface area contributed by atoms with E-state index >= 15 is 0 Å². The molecule has 17 heavy (non-hydrogen) atoms. The van der Waals surface area contributed by atoms with E-state index in [1.54, 1.807) is 6.20 Å². The standard InChI is InChI=1S/C13H19N3O/c1-8-12(7-15-16-8)13(17)14-6-11-5-9-2-3-10(11)4-9/h7,9-11H,2-6H2,1H3,(H,14,17)(H,15,16). The molecule has 4 heteroatoms. The Morgan fingerprint density at radius 3 is 3.00 bits per heavy atom. The van der Waals surface area contributed by atoms with Crippen LogP contribution in [0.1, 0.15) is 41.7 Å². The summed E-state index contributed by atoms with van der Waals surface area (Å²) in [6.45, 7) is 2.71. The number of hydrogen-bond acceptors (Lipinski definition) is 2. The molecule has 0 aliphatic heterocycles. The van der Waals surface area contributed by atoms with Crippen LogP contribution in [-0.2, 0) is 0 Å². The van der Waals surface area contributed by atoms with Crippen molar-refractivity contribution < 1.29 is 4.79 Å². The highest BCUT2D eigenvalue weighted by atomic mass is 16.1. The molecule has 2 aliphatic carbocycles. The molecule has 2 aliphatic rings. The Morgan fingerprint density at radius 2 is 2.41 bits per heavy atom. The van der Waals surface area contributed by atoms with Crippen molar-refractivity contribution in [2.24, 2.45) is 17.8 Å². The summed E-state index contributed by atoms with van der Waals surface area (Å²) in [4.78, 5) is 11.9. The van der Waals surface area contributed by atoms with Crippen molar-refractivity contribution >= 4 is 5.91 Å². The fraction of sp³-hybridized carbons (Fsp3) is 0.692. The van der Waals surface area contributed by atoms with Crippen molar-refractivity contribution in [1.82, 2.24) is 15.5 Å². The number of carbonyl (C=O) groups excluding carboxylic acids is 1. The quantitative estimate of drug-likeness (QED) is 0.837. The van der Waals surface area contributed by atoms with E-state index in [0.29, 0.717) is 11.5 Å². The number of H-pyrrole nitrogens is 1. The number of rotatable bonds is 3. The van der Waals surface area contributed by atoms with Gasteiger partial charge in [0.05, 0.1) is 11.8 Å². The number of hydrogen-bond donors (Lipinski definition) is 2. The normalized spacial score (nSPS) is 30.8. The van der Waals surface area contributed by atoms with Gasteiger partial charge in [0.1, 0.15) is 0 Å². The monoisotopic (exact) mass is 233 g/mol. The third-order valence-electron chi connectivity index (χ3n) is 4.48. The highest BCUT2D eigenvalue weighted by Gasteiger charge is 2.39. The van der Waals surface area contributed by atoms with Gasteiger partial charge in [-0.1, -0.05) is 6.42 Å². The number of aromatic amines is 1. The lowest BCUT2D eigenvalue weighted by Gasteiger charge is -2.21. The summed E-state index contributed by atoms with van der Waals surface area (Å²) < 4.78 is 0. The zero-order valence-corrected chi connectivity index (χ0v) is 10.2. The molecular weight excluding hydrogens is 214 g/mol. The molecule has 2 N–H and O–H groups in total. The maximum Gasteiger partial charge on any atom is 0.254 e. The first kappa shape index (κ1) is 10.8. The van der Waals surface area contributed by atoms with Crippen molar-refractivity contribution in [3.8, 4) is 0 Å². The average molecular weight is 233 g/mol. The van der Waals surface area contributed by atoms with Crippen molar-refractivity contribution in [1.29, 1.82) is 0 Å². The van der Waals surface area contributed by atoms with Gasteiger partial charge in [0, 0.05) is 12.2 Å². The van der Waals surface area contributed by atoms with Gasteiger partial charge in [0.25, 0.3) is 5.91 Å². The molecule has 2 bridgehead atoms. The van der Waals surface area contributed by atoms with Crippen LogP contribution in [0.15, 0.2) is 6.20 Å². The van der Waals surface area contributed by atoms with E-state index in [1.807, 2.05) is 6.92 Å². The summed E-state index contributed by atoms with van der Waals surface area (Å²) in [5.41, 5.74) is 1.52. The van der Waals surface area contributed by atoms with Crippen LogP contribution in [0.4, 0.5) is 0 Å². The first-order valence-corrected chi connectivity index (χ1v) is 6.52. The van der Waals surface area contributed by atoms with Crippen molar-refractivity contribution in [2.45, 2.75) is 32.6 Å². The summed E-state index contributed by atoms with van der Waals surface area (Å²) in [7, 11) is 0. The maximum atomic E-state index is 11.9. The Bertz CT molecular complexity index is 426. The summed E-state index contributed by atoms with van der Waals surface area (Å²) in [6, 6.07) is 0. The molecule has 1 amide bonds. The van der Waals surface area contributed by atoms with Crippen molar-refractivity contribution in [2.75, 3.05) is 6.54 Å². The lowest BCUT2D eigenvalue weighted by atomic mass is 9.89. The lowest BCUT2D eigenvalue weighted by Crippen LogP contribution is -2.31. The smallest absolute Gasteiger partial charge is 0.254 e. The molecular formula is C13H19N3O. The third-order valence-corrected chi connectivity index (χ3v) is 4.48. The summed E-state index contributed by atoms with van der Waals surface area (Å²) in [5.74, 6) is 2.53. The first-order chi connectivity index (χ1) is 8.24. The van der Waals surface area contributed by atoms with Gasteiger partial charge in [-0.05, 0) is 43.9 Å². The fourth-order valence-corrected chi connectivity index (χ4v) is 3.53. The SMILES string of the molecule is Cc1[nH]ncc1C(=O)NCC1CC2CCC1C2. The molecule has 92 valence electrons. The predicted octanol–water partition coefficient (Wildman–Crippen LogP) is 1.88. The Morgan fingerprint density at radius 1 is 1.53 bits per heavy atom. The van der Waals surface area contributed by atoms with Crippen LogP contribution in [0.5, 0.6) is 0 Å². The Kier molecular flexibility index (Phi) is 2.65. The van der Waals surface area contributed by atoms with Crippen molar-refractivity contribution in [3.63, 3.8) is 0 Å². The van der Waals surface area contributed by atoms with E-state index in [1.165, 1.54) is 25.7 Å². The van der Waals surface area contributed by atoms with E-state index in [-0.39, 0.29) is 5.91 Å². The van der Waals surface area contributed by atoms with Crippen LogP contribution in [0.3, 0.4) is 0 Å². The molecule has 2 fully saturated rings. The Labute approximate surface area is 101 Å². The number of aryl methyl sites for hydroxylation is 1. The van der Waals surface area contributed by atoms with Gasteiger partial charge in [0.15, 0.2) is 0 Å². The molecule has 3 rings (SSSR count). The molecule has 3 unspecified atom stereocenters. The minimum absolute atomic E-state index is 0.0130. The second-order valence-electron chi connectivity index (χ2n) is 5.55. The second kappa shape index (κ2) is 4.17. The number of fused-ring (bicyclic) bond motifs is 2. The van der Waals surface area contributed by atoms with E-state index in [0.717, 1.165) is 24.1 Å². The summed E-state index contributed by atoms with van der Waals surface area (Å²) >= 11 is 0. The summed E-state index contributed by atoms with van der Waals surface area (Å²) in [6.07, 6.45) is 7.10. The predicted molar refractivity (Wildman–Crippen MR) is 64.6 cm³/mol. The van der Waals surface area contributed by atoms with Crippen LogP contribution in [-0.4, -0.2) is 22.6 Å². The van der Waals surface area contributed by atoms with Crippen LogP contribution in [0.2, 0.25) is 0 Å². The molecule has 0 aromatic carbocycles. The van der Waals surface area contributed by atoms with Crippen LogP contribution in [0.25, 0.3) is 0 Å². The molecule has 4 nitrogen and oxygen atoms in total. The number of nitrogens with one attached hydrogen (secondary N) is 2. The molecule has 1 aromatic heterocycles. The van der Waals surface area contributed by atoms with Crippen molar-refractivity contribution in [3.05, 3.63) is 17.5 Å². The average Bonchev–Trinajstić information content (AvgIpc) is 3.01. The van der Waals surface area contributed by atoms with E-state index < -0.39 is 0 Å². The minimum atomic E-state index is 0.0130. The Hall–Kier alpha value is -1.32. The number of amides is 1. The lowest BCUT2D eigenvalue weighted by molar-refractivity contribution is 0.0941.